The van der Waals surface area contributed by atoms with E-state index in [4.69, 9.17) is 0 Å². The number of hydrogen-bond donors (Lipinski definition) is 1. The quantitative estimate of drug-likeness (QED) is 0.791. The Morgan fingerprint density at radius 1 is 1.53 bits per heavy atom. The number of hydrogen-bond acceptors (Lipinski definition) is 4. The van der Waals surface area contributed by atoms with E-state index in [1.807, 2.05) is 12.5 Å². The number of aromatic nitrogens is 4. The first kappa shape index (κ1) is 10.1. The average Bonchev–Trinajstić information content (AvgIpc) is 2.85. The first-order valence-corrected chi connectivity index (χ1v) is 5.51. The molecule has 6 nitrogen and oxygen atoms in total. The third kappa shape index (κ3) is 1.71. The number of nitrogens with zero attached hydrogens (tertiary/aromatic N) is 4. The lowest BCUT2D eigenvalue weighted by atomic mass is 10.2. The Bertz CT molecular complexity index is 579. The van der Waals surface area contributed by atoms with E-state index in [-0.39, 0.29) is 11.6 Å². The fraction of sp³-hybridized carbons (Fsp3) is 0.364. The van der Waals surface area contributed by atoms with Gasteiger partial charge in [0.25, 0.3) is 5.56 Å². The van der Waals surface area contributed by atoms with Crippen molar-refractivity contribution in [3.05, 3.63) is 41.0 Å². The Hall–Kier alpha value is -2.11. The minimum Gasteiger partial charge on any atom is -0.361 e. The maximum absolute atomic E-state index is 11.8. The minimum absolute atomic E-state index is 0.0952. The van der Waals surface area contributed by atoms with E-state index in [1.54, 1.807) is 19.4 Å². The van der Waals surface area contributed by atoms with E-state index in [1.165, 1.54) is 10.3 Å². The molecule has 88 valence electrons. The van der Waals surface area contributed by atoms with Crippen LogP contribution in [0.2, 0.25) is 0 Å². The minimum atomic E-state index is -0.0952. The topological polar surface area (TPSA) is 64.7 Å². The van der Waals surface area contributed by atoms with Gasteiger partial charge in [-0.05, 0) is 0 Å². The van der Waals surface area contributed by atoms with Crippen LogP contribution in [0.3, 0.4) is 0 Å². The van der Waals surface area contributed by atoms with Gasteiger partial charge in [-0.1, -0.05) is 0 Å². The van der Waals surface area contributed by atoms with Gasteiger partial charge in [-0.15, -0.1) is 0 Å². The predicted molar refractivity (Wildman–Crippen MR) is 62.8 cm³/mol. The molecule has 0 fully saturated rings. The molecule has 2 aromatic rings. The third-order valence-electron chi connectivity index (χ3n) is 3.03. The predicted octanol–water partition coefficient (Wildman–Crippen LogP) is 0.0136. The summed E-state index contributed by atoms with van der Waals surface area (Å²) < 4.78 is 3.61. The van der Waals surface area contributed by atoms with Crippen LogP contribution in [0, 0.1) is 0 Å². The van der Waals surface area contributed by atoms with Crippen molar-refractivity contribution in [3.63, 3.8) is 0 Å². The highest BCUT2D eigenvalue weighted by Crippen LogP contribution is 2.15. The van der Waals surface area contributed by atoms with Crippen LogP contribution in [0.5, 0.6) is 0 Å². The second-order valence-electron chi connectivity index (χ2n) is 4.27. The zero-order valence-electron chi connectivity index (χ0n) is 9.50. The molecular formula is C11H13N5O. The van der Waals surface area contributed by atoms with Crippen molar-refractivity contribution < 1.29 is 0 Å². The van der Waals surface area contributed by atoms with E-state index >= 15 is 0 Å². The highest BCUT2D eigenvalue weighted by atomic mass is 16.1. The molecule has 0 aliphatic carbocycles. The molecule has 17 heavy (non-hydrogen) atoms. The maximum atomic E-state index is 11.8. The Balaban J connectivity index is 1.79. The average molecular weight is 231 g/mol. The van der Waals surface area contributed by atoms with Gasteiger partial charge in [-0.3, -0.25) is 4.79 Å². The molecule has 0 saturated heterocycles. The van der Waals surface area contributed by atoms with Crippen LogP contribution in [0.25, 0.3) is 0 Å². The summed E-state index contributed by atoms with van der Waals surface area (Å²) in [5.41, 5.74) is 1.09. The highest BCUT2D eigenvalue weighted by molar-refractivity contribution is 5.33. The van der Waals surface area contributed by atoms with Crippen LogP contribution < -0.4 is 10.9 Å². The fourth-order valence-corrected chi connectivity index (χ4v) is 2.12. The van der Waals surface area contributed by atoms with Crippen molar-refractivity contribution in [2.24, 2.45) is 7.05 Å². The van der Waals surface area contributed by atoms with Crippen LogP contribution >= 0.6 is 0 Å². The Kier molecular flexibility index (Phi) is 2.21. The van der Waals surface area contributed by atoms with Crippen LogP contribution in [-0.2, 0) is 20.0 Å². The fourth-order valence-electron chi connectivity index (χ4n) is 2.12. The summed E-state index contributed by atoms with van der Waals surface area (Å²) in [7, 11) is 1.72. The van der Waals surface area contributed by atoms with Crippen molar-refractivity contribution in [1.82, 2.24) is 19.1 Å². The molecule has 1 atom stereocenters. The lowest BCUT2D eigenvalue weighted by Gasteiger charge is -2.12. The summed E-state index contributed by atoms with van der Waals surface area (Å²) in [5, 5.41) is 3.19. The van der Waals surface area contributed by atoms with Gasteiger partial charge < -0.3 is 14.5 Å². The summed E-state index contributed by atoms with van der Waals surface area (Å²) in [6, 6.07) is 0.218. The van der Waals surface area contributed by atoms with Gasteiger partial charge in [0.05, 0.1) is 12.4 Å². The molecule has 0 bridgehead atoms. The zero-order chi connectivity index (χ0) is 11.8. The molecular weight excluding hydrogens is 218 g/mol. The van der Waals surface area contributed by atoms with Crippen molar-refractivity contribution in [2.45, 2.75) is 19.0 Å². The summed E-state index contributed by atoms with van der Waals surface area (Å²) >= 11 is 0. The molecule has 1 N–H and O–H groups in total. The first-order chi connectivity index (χ1) is 8.24. The van der Waals surface area contributed by atoms with Crippen molar-refractivity contribution >= 4 is 5.82 Å². The van der Waals surface area contributed by atoms with Crippen molar-refractivity contribution in [3.8, 4) is 0 Å². The molecule has 0 aromatic carbocycles. The van der Waals surface area contributed by atoms with E-state index in [0.29, 0.717) is 5.82 Å². The Morgan fingerprint density at radius 2 is 2.41 bits per heavy atom. The molecule has 3 heterocycles. The van der Waals surface area contributed by atoms with Gasteiger partial charge in [0.1, 0.15) is 0 Å². The van der Waals surface area contributed by atoms with E-state index in [9.17, 15) is 4.79 Å². The number of anilines is 1. The van der Waals surface area contributed by atoms with Gasteiger partial charge >= 0.3 is 0 Å². The molecule has 6 heteroatoms. The molecule has 1 aliphatic heterocycles. The number of imidazole rings is 1. The van der Waals surface area contributed by atoms with E-state index in [0.717, 1.165) is 13.0 Å². The molecule has 3 rings (SSSR count). The molecule has 1 aliphatic rings. The van der Waals surface area contributed by atoms with Crippen LogP contribution in [-0.4, -0.2) is 25.1 Å². The van der Waals surface area contributed by atoms with Gasteiger partial charge in [0.15, 0.2) is 5.82 Å². The smallest absolute Gasteiger partial charge is 0.293 e. The molecule has 0 spiro atoms. The lowest BCUT2D eigenvalue weighted by molar-refractivity contribution is 0.665. The van der Waals surface area contributed by atoms with Crippen LogP contribution in [0.1, 0.15) is 5.69 Å². The van der Waals surface area contributed by atoms with Crippen LogP contribution in [0.4, 0.5) is 5.82 Å². The Labute approximate surface area is 97.9 Å². The SMILES string of the molecule is Cn1ccnc(NC2Cc3cncn3C2)c1=O. The summed E-state index contributed by atoms with van der Waals surface area (Å²) in [6.45, 7) is 0.828. The van der Waals surface area contributed by atoms with Gasteiger partial charge in [-0.2, -0.15) is 0 Å². The van der Waals surface area contributed by atoms with Crippen molar-refractivity contribution in [1.29, 1.82) is 0 Å². The first-order valence-electron chi connectivity index (χ1n) is 5.51. The second kappa shape index (κ2) is 3.73. The molecule has 1 unspecified atom stereocenters. The highest BCUT2D eigenvalue weighted by Gasteiger charge is 2.22. The number of aryl methyl sites for hydroxylation is 1. The maximum Gasteiger partial charge on any atom is 0.293 e. The van der Waals surface area contributed by atoms with Crippen molar-refractivity contribution in [2.75, 3.05) is 5.32 Å². The van der Waals surface area contributed by atoms with Gasteiger partial charge in [0.2, 0.25) is 0 Å². The van der Waals surface area contributed by atoms with Gasteiger partial charge in [-0.25, -0.2) is 9.97 Å². The monoisotopic (exact) mass is 231 g/mol. The molecule has 0 radical (unpaired) electrons. The number of fused-ring (bicyclic) bond motifs is 1. The normalized spacial score (nSPS) is 18.1. The van der Waals surface area contributed by atoms with E-state index in [2.05, 4.69) is 19.9 Å². The van der Waals surface area contributed by atoms with Gasteiger partial charge in [0, 0.05) is 44.3 Å². The zero-order valence-corrected chi connectivity index (χ0v) is 9.50. The summed E-state index contributed by atoms with van der Waals surface area (Å²) in [5.74, 6) is 0.415. The Morgan fingerprint density at radius 3 is 3.24 bits per heavy atom. The molecule has 0 saturated carbocycles. The second-order valence-corrected chi connectivity index (χ2v) is 4.27. The van der Waals surface area contributed by atoms with E-state index < -0.39 is 0 Å². The molecule has 2 aromatic heterocycles. The number of rotatable bonds is 2. The number of nitrogens with one attached hydrogen (secondary N) is 1. The summed E-state index contributed by atoms with van der Waals surface area (Å²) in [4.78, 5) is 19.9. The standard InChI is InChI=1S/C11H13N5O/c1-15-3-2-13-10(11(15)17)14-8-4-9-5-12-7-16(9)6-8/h2-3,5,7-8H,4,6H2,1H3,(H,13,14). The van der Waals surface area contributed by atoms with Crippen LogP contribution in [0.15, 0.2) is 29.7 Å². The third-order valence-corrected chi connectivity index (χ3v) is 3.03. The molecule has 0 amide bonds. The lowest BCUT2D eigenvalue weighted by Crippen LogP contribution is -2.29. The summed E-state index contributed by atoms with van der Waals surface area (Å²) in [6.07, 6.45) is 7.82. The largest absolute Gasteiger partial charge is 0.361 e.